The van der Waals surface area contributed by atoms with Gasteiger partial charge >= 0.3 is 0 Å². The van der Waals surface area contributed by atoms with E-state index in [9.17, 15) is 10.1 Å². The van der Waals surface area contributed by atoms with Crippen LogP contribution in [0.25, 0.3) is 6.08 Å². The number of rotatable bonds is 5. The lowest BCUT2D eigenvalue weighted by Crippen LogP contribution is -2.14. The van der Waals surface area contributed by atoms with Gasteiger partial charge < -0.3 is 10.2 Å². The van der Waals surface area contributed by atoms with E-state index in [1.807, 2.05) is 73.6 Å². The number of carbonyl (C=O) groups excluding carboxylic acids is 1. The minimum atomic E-state index is -0.409. The molecule has 0 heterocycles. The number of benzene rings is 2. The molecule has 0 aromatic heterocycles. The lowest BCUT2D eigenvalue weighted by molar-refractivity contribution is -0.112. The second-order valence-corrected chi connectivity index (χ2v) is 6.39. The Hall–Kier alpha value is -3.06. The van der Waals surface area contributed by atoms with Gasteiger partial charge in [0.05, 0.1) is 0 Å². The molecule has 0 bridgehead atoms. The molecule has 2 rings (SSSR count). The molecule has 0 radical (unpaired) electrons. The predicted octanol–water partition coefficient (Wildman–Crippen LogP) is 4.42. The van der Waals surface area contributed by atoms with Crippen LogP contribution >= 0.6 is 0 Å². The highest BCUT2D eigenvalue weighted by Crippen LogP contribution is 2.18. The fourth-order valence-electron chi connectivity index (χ4n) is 2.33. The fraction of sp³-hybridized carbons (Fsp3) is 0.238. The van der Waals surface area contributed by atoms with Crippen LogP contribution in [0.4, 0.5) is 11.4 Å². The summed E-state index contributed by atoms with van der Waals surface area (Å²) in [6, 6.07) is 17.3. The van der Waals surface area contributed by atoms with Crippen LogP contribution < -0.4 is 10.2 Å². The van der Waals surface area contributed by atoms with Gasteiger partial charge in [-0.15, -0.1) is 0 Å². The number of nitrogens with zero attached hydrogens (tertiary/aromatic N) is 2. The number of carbonyl (C=O) groups is 1. The van der Waals surface area contributed by atoms with Crippen molar-refractivity contribution >= 4 is 23.4 Å². The first kappa shape index (κ1) is 18.3. The topological polar surface area (TPSA) is 56.1 Å². The molecule has 0 atom stereocenters. The Morgan fingerprint density at radius 1 is 1.08 bits per heavy atom. The van der Waals surface area contributed by atoms with Crippen molar-refractivity contribution in [3.8, 4) is 6.07 Å². The van der Waals surface area contributed by atoms with E-state index in [0.29, 0.717) is 11.6 Å². The van der Waals surface area contributed by atoms with E-state index >= 15 is 0 Å². The molecule has 1 N–H and O–H groups in total. The first-order valence-corrected chi connectivity index (χ1v) is 8.21. The van der Waals surface area contributed by atoms with Crippen molar-refractivity contribution in [1.29, 1.82) is 5.26 Å². The molecule has 2 aromatic rings. The molecule has 0 aliphatic heterocycles. The molecule has 0 saturated carbocycles. The Labute approximate surface area is 149 Å². The normalized spacial score (nSPS) is 11.1. The molecule has 0 aliphatic carbocycles. The summed E-state index contributed by atoms with van der Waals surface area (Å²) in [6.45, 7) is 4.25. The molecule has 1 amide bonds. The second kappa shape index (κ2) is 8.16. The molecule has 4 heteroatoms. The number of anilines is 2. The average molecular weight is 333 g/mol. The second-order valence-electron chi connectivity index (χ2n) is 6.39. The van der Waals surface area contributed by atoms with E-state index < -0.39 is 5.91 Å². The molecule has 0 spiro atoms. The van der Waals surface area contributed by atoms with Gasteiger partial charge in [-0.25, -0.2) is 0 Å². The number of hydrogen-bond acceptors (Lipinski definition) is 3. The third kappa shape index (κ3) is 4.95. The van der Waals surface area contributed by atoms with Crippen LogP contribution in [0.3, 0.4) is 0 Å². The van der Waals surface area contributed by atoms with Crippen molar-refractivity contribution in [3.63, 3.8) is 0 Å². The summed E-state index contributed by atoms with van der Waals surface area (Å²) >= 11 is 0. The molecule has 25 heavy (non-hydrogen) atoms. The van der Waals surface area contributed by atoms with Crippen molar-refractivity contribution < 1.29 is 4.79 Å². The Morgan fingerprint density at radius 3 is 2.16 bits per heavy atom. The Morgan fingerprint density at radius 2 is 1.68 bits per heavy atom. The third-order valence-corrected chi connectivity index (χ3v) is 3.92. The monoisotopic (exact) mass is 333 g/mol. The van der Waals surface area contributed by atoms with Gasteiger partial charge in [-0.2, -0.15) is 5.26 Å². The SMILES string of the molecule is CC(C)c1ccc(/C=C(/C#N)C(=O)Nc2ccc(N(C)C)cc2)cc1. The van der Waals surface area contributed by atoms with E-state index in [4.69, 9.17) is 0 Å². The van der Waals surface area contributed by atoms with E-state index in [1.54, 1.807) is 6.08 Å². The maximum atomic E-state index is 12.3. The minimum Gasteiger partial charge on any atom is -0.378 e. The summed E-state index contributed by atoms with van der Waals surface area (Å²) in [5, 5.41) is 12.1. The smallest absolute Gasteiger partial charge is 0.266 e. The number of amides is 1. The predicted molar refractivity (Wildman–Crippen MR) is 104 cm³/mol. The molecule has 0 aliphatic rings. The summed E-state index contributed by atoms with van der Waals surface area (Å²) in [7, 11) is 3.91. The quantitative estimate of drug-likeness (QED) is 0.651. The van der Waals surface area contributed by atoms with Crippen molar-refractivity contribution in [1.82, 2.24) is 0 Å². The highest BCUT2D eigenvalue weighted by molar-refractivity contribution is 6.09. The number of hydrogen-bond donors (Lipinski definition) is 1. The Bertz CT molecular complexity index is 795. The minimum absolute atomic E-state index is 0.0778. The Kier molecular flexibility index (Phi) is 5.97. The van der Waals surface area contributed by atoms with Gasteiger partial charge in [0, 0.05) is 25.5 Å². The molecule has 0 fully saturated rings. The molecule has 0 saturated heterocycles. The van der Waals surface area contributed by atoms with Crippen LogP contribution in [0.2, 0.25) is 0 Å². The molecule has 0 unspecified atom stereocenters. The van der Waals surface area contributed by atoms with E-state index in [2.05, 4.69) is 19.2 Å². The van der Waals surface area contributed by atoms with E-state index in [1.165, 1.54) is 5.56 Å². The highest BCUT2D eigenvalue weighted by Gasteiger charge is 2.10. The van der Waals surface area contributed by atoms with Gasteiger partial charge in [-0.05, 0) is 47.4 Å². The van der Waals surface area contributed by atoms with Crippen LogP contribution in [0.5, 0.6) is 0 Å². The van der Waals surface area contributed by atoms with Gasteiger partial charge in [0.1, 0.15) is 11.6 Å². The fourth-order valence-corrected chi connectivity index (χ4v) is 2.33. The zero-order valence-electron chi connectivity index (χ0n) is 15.1. The molecular weight excluding hydrogens is 310 g/mol. The van der Waals surface area contributed by atoms with Gasteiger partial charge in [0.15, 0.2) is 0 Å². The van der Waals surface area contributed by atoms with Gasteiger partial charge in [0.2, 0.25) is 0 Å². The maximum absolute atomic E-state index is 12.3. The van der Waals surface area contributed by atoms with Crippen LogP contribution in [0.1, 0.15) is 30.9 Å². The summed E-state index contributed by atoms with van der Waals surface area (Å²) in [5.74, 6) is 0.0370. The van der Waals surface area contributed by atoms with Gasteiger partial charge in [-0.1, -0.05) is 38.1 Å². The standard InChI is InChI=1S/C21H23N3O/c1-15(2)17-7-5-16(6-8-17)13-18(14-22)21(25)23-19-9-11-20(12-10-19)24(3)4/h5-13,15H,1-4H3,(H,23,25)/b18-13-. The number of nitrogens with one attached hydrogen (secondary N) is 1. The summed E-state index contributed by atoms with van der Waals surface area (Å²) in [6.07, 6.45) is 1.60. The van der Waals surface area contributed by atoms with Crippen molar-refractivity contribution in [2.45, 2.75) is 19.8 Å². The van der Waals surface area contributed by atoms with Crippen LogP contribution in [-0.2, 0) is 4.79 Å². The van der Waals surface area contributed by atoms with Crippen LogP contribution in [-0.4, -0.2) is 20.0 Å². The first-order chi connectivity index (χ1) is 11.9. The lowest BCUT2D eigenvalue weighted by atomic mass is 10.0. The maximum Gasteiger partial charge on any atom is 0.266 e. The van der Waals surface area contributed by atoms with Crippen molar-refractivity contribution in [2.24, 2.45) is 0 Å². The summed E-state index contributed by atoms with van der Waals surface area (Å²) < 4.78 is 0. The summed E-state index contributed by atoms with van der Waals surface area (Å²) in [5.41, 5.74) is 3.83. The van der Waals surface area contributed by atoms with Crippen molar-refractivity contribution in [2.75, 3.05) is 24.3 Å². The van der Waals surface area contributed by atoms with Gasteiger partial charge in [0.25, 0.3) is 5.91 Å². The van der Waals surface area contributed by atoms with E-state index in [0.717, 1.165) is 11.3 Å². The summed E-state index contributed by atoms with van der Waals surface area (Å²) in [4.78, 5) is 14.3. The van der Waals surface area contributed by atoms with Gasteiger partial charge in [-0.3, -0.25) is 4.79 Å². The zero-order valence-corrected chi connectivity index (χ0v) is 15.1. The lowest BCUT2D eigenvalue weighted by Gasteiger charge is -2.13. The van der Waals surface area contributed by atoms with E-state index in [-0.39, 0.29) is 5.57 Å². The zero-order chi connectivity index (χ0) is 18.4. The largest absolute Gasteiger partial charge is 0.378 e. The number of nitriles is 1. The Balaban J connectivity index is 2.13. The van der Waals surface area contributed by atoms with Crippen LogP contribution in [0, 0.1) is 11.3 Å². The highest BCUT2D eigenvalue weighted by atomic mass is 16.1. The van der Waals surface area contributed by atoms with Crippen LogP contribution in [0.15, 0.2) is 54.1 Å². The molecule has 128 valence electrons. The molecule has 4 nitrogen and oxygen atoms in total. The van der Waals surface area contributed by atoms with Crippen molar-refractivity contribution in [3.05, 3.63) is 65.2 Å². The molecule has 2 aromatic carbocycles. The average Bonchev–Trinajstić information content (AvgIpc) is 2.60. The first-order valence-electron chi connectivity index (χ1n) is 8.21. The third-order valence-electron chi connectivity index (χ3n) is 3.92. The molecular formula is C21H23N3O.